The minimum atomic E-state index is -0.816. The molecule has 0 aliphatic rings. The molecule has 5 heteroatoms. The molecule has 1 aromatic carbocycles. The molecule has 0 spiro atoms. The molecule has 1 aromatic rings. The van der Waals surface area contributed by atoms with E-state index < -0.39 is 12.0 Å². The van der Waals surface area contributed by atoms with Gasteiger partial charge in [0, 0.05) is 11.1 Å². The van der Waals surface area contributed by atoms with Crippen molar-refractivity contribution in [2.75, 3.05) is 7.11 Å². The zero-order valence-corrected chi connectivity index (χ0v) is 8.94. The molecule has 84 valence electrons. The number of imide groups is 1. The minimum absolute atomic E-state index is 0.330. The number of methoxy groups -OCH3 is 1. The van der Waals surface area contributed by atoms with E-state index in [4.69, 9.17) is 0 Å². The quantitative estimate of drug-likeness (QED) is 0.764. The summed E-state index contributed by atoms with van der Waals surface area (Å²) < 4.78 is 4.30. The van der Waals surface area contributed by atoms with Gasteiger partial charge >= 0.3 is 6.09 Å². The average Bonchev–Trinajstić information content (AvgIpc) is 2.28. The van der Waals surface area contributed by atoms with Crippen molar-refractivity contribution >= 4 is 18.3 Å². The summed E-state index contributed by atoms with van der Waals surface area (Å²) in [5, 5.41) is 2.04. The summed E-state index contributed by atoms with van der Waals surface area (Å²) in [5.74, 6) is -0.554. The fourth-order valence-corrected chi connectivity index (χ4v) is 1.23. The molecule has 0 radical (unpaired) electrons. The van der Waals surface area contributed by atoms with E-state index in [1.54, 1.807) is 13.0 Å². The van der Waals surface area contributed by atoms with E-state index in [2.05, 4.69) is 4.74 Å². The Morgan fingerprint density at radius 1 is 1.38 bits per heavy atom. The zero-order valence-electron chi connectivity index (χ0n) is 8.94. The van der Waals surface area contributed by atoms with Gasteiger partial charge in [0.1, 0.15) is 6.29 Å². The van der Waals surface area contributed by atoms with Crippen LogP contribution in [0.4, 0.5) is 4.79 Å². The highest BCUT2D eigenvalue weighted by Gasteiger charge is 2.12. The Morgan fingerprint density at radius 2 is 2.06 bits per heavy atom. The Morgan fingerprint density at radius 3 is 2.56 bits per heavy atom. The van der Waals surface area contributed by atoms with Crippen LogP contribution >= 0.6 is 0 Å². The number of hydrogen-bond donors (Lipinski definition) is 1. The van der Waals surface area contributed by atoms with Crippen molar-refractivity contribution in [3.63, 3.8) is 0 Å². The topological polar surface area (TPSA) is 72.5 Å². The van der Waals surface area contributed by atoms with Crippen molar-refractivity contribution in [2.45, 2.75) is 6.92 Å². The summed E-state index contributed by atoms with van der Waals surface area (Å²) in [6.07, 6.45) is -0.126. The van der Waals surface area contributed by atoms with Crippen molar-refractivity contribution in [3.05, 3.63) is 34.9 Å². The maximum atomic E-state index is 11.5. The number of rotatable bonds is 2. The first-order valence-corrected chi connectivity index (χ1v) is 4.53. The monoisotopic (exact) mass is 221 g/mol. The number of aldehydes is 1. The lowest BCUT2D eigenvalue weighted by atomic mass is 10.1. The van der Waals surface area contributed by atoms with Gasteiger partial charge in [-0.1, -0.05) is 6.07 Å². The molecule has 0 saturated heterocycles. The maximum Gasteiger partial charge on any atom is 0.413 e. The number of alkyl carbamates (subject to hydrolysis) is 1. The first kappa shape index (κ1) is 11.9. The number of ether oxygens (including phenoxy) is 1. The van der Waals surface area contributed by atoms with E-state index >= 15 is 0 Å². The van der Waals surface area contributed by atoms with Crippen LogP contribution in [0.25, 0.3) is 0 Å². The lowest BCUT2D eigenvalue weighted by molar-refractivity contribution is 0.0935. The van der Waals surface area contributed by atoms with Crippen molar-refractivity contribution < 1.29 is 19.1 Å². The Balaban J connectivity index is 2.92. The summed E-state index contributed by atoms with van der Waals surface area (Å²) in [7, 11) is 1.17. The van der Waals surface area contributed by atoms with Crippen LogP contribution in [0.1, 0.15) is 26.3 Å². The molecule has 0 heterocycles. The van der Waals surface area contributed by atoms with Crippen molar-refractivity contribution in [1.82, 2.24) is 5.32 Å². The van der Waals surface area contributed by atoms with Crippen LogP contribution in [0.3, 0.4) is 0 Å². The van der Waals surface area contributed by atoms with Crippen LogP contribution in [-0.4, -0.2) is 25.4 Å². The summed E-state index contributed by atoms with van der Waals surface area (Å²) >= 11 is 0. The van der Waals surface area contributed by atoms with Gasteiger partial charge < -0.3 is 4.74 Å². The molecule has 1 N–H and O–H groups in total. The summed E-state index contributed by atoms with van der Waals surface area (Å²) in [4.78, 5) is 32.8. The second-order valence-corrected chi connectivity index (χ2v) is 3.14. The van der Waals surface area contributed by atoms with Gasteiger partial charge in [-0.05, 0) is 24.6 Å². The van der Waals surface area contributed by atoms with Crippen molar-refractivity contribution in [3.8, 4) is 0 Å². The van der Waals surface area contributed by atoms with E-state index in [0.717, 1.165) is 0 Å². The largest absolute Gasteiger partial charge is 0.453 e. The predicted molar refractivity (Wildman–Crippen MR) is 56.4 cm³/mol. The van der Waals surface area contributed by atoms with E-state index in [0.29, 0.717) is 23.0 Å². The second kappa shape index (κ2) is 5.06. The summed E-state index contributed by atoms with van der Waals surface area (Å²) in [5.41, 5.74) is 1.43. The molecule has 0 saturated carbocycles. The van der Waals surface area contributed by atoms with E-state index in [9.17, 15) is 14.4 Å². The number of carbonyl (C=O) groups is 3. The molecule has 2 amide bonds. The summed E-state index contributed by atoms with van der Waals surface area (Å²) in [6.45, 7) is 1.68. The highest BCUT2D eigenvalue weighted by atomic mass is 16.5. The Bertz CT molecular complexity index is 440. The van der Waals surface area contributed by atoms with Crippen LogP contribution < -0.4 is 5.32 Å². The SMILES string of the molecule is COC(=O)NC(=O)c1ccc(C=O)cc1C. The van der Waals surface area contributed by atoms with Gasteiger partial charge in [0.05, 0.1) is 7.11 Å². The normalized spacial score (nSPS) is 9.38. The molecule has 0 aromatic heterocycles. The lowest BCUT2D eigenvalue weighted by Gasteiger charge is -2.05. The smallest absolute Gasteiger partial charge is 0.413 e. The molecular formula is C11H11NO4. The van der Waals surface area contributed by atoms with Gasteiger partial charge in [0.2, 0.25) is 0 Å². The van der Waals surface area contributed by atoms with Crippen LogP contribution in [0.15, 0.2) is 18.2 Å². The lowest BCUT2D eigenvalue weighted by Crippen LogP contribution is -2.30. The molecule has 16 heavy (non-hydrogen) atoms. The fourth-order valence-electron chi connectivity index (χ4n) is 1.23. The molecule has 0 fully saturated rings. The Hall–Kier alpha value is -2.17. The first-order valence-electron chi connectivity index (χ1n) is 4.53. The third-order valence-electron chi connectivity index (χ3n) is 2.03. The van der Waals surface area contributed by atoms with Gasteiger partial charge in [-0.3, -0.25) is 14.9 Å². The van der Waals surface area contributed by atoms with E-state index in [1.807, 2.05) is 5.32 Å². The van der Waals surface area contributed by atoms with Crippen LogP contribution in [-0.2, 0) is 4.74 Å². The van der Waals surface area contributed by atoms with Crippen LogP contribution in [0, 0.1) is 6.92 Å². The van der Waals surface area contributed by atoms with Gasteiger partial charge in [-0.25, -0.2) is 4.79 Å². The first-order chi connectivity index (χ1) is 7.58. The third kappa shape index (κ3) is 2.66. The number of carbonyl (C=O) groups excluding carboxylic acids is 3. The van der Waals surface area contributed by atoms with Crippen molar-refractivity contribution in [2.24, 2.45) is 0 Å². The second-order valence-electron chi connectivity index (χ2n) is 3.14. The van der Waals surface area contributed by atoms with Crippen LogP contribution in [0.5, 0.6) is 0 Å². The molecule has 0 unspecified atom stereocenters. The number of hydrogen-bond acceptors (Lipinski definition) is 4. The Labute approximate surface area is 92.4 Å². The van der Waals surface area contributed by atoms with Gasteiger partial charge in [-0.2, -0.15) is 0 Å². The Kier molecular flexibility index (Phi) is 3.77. The standard InChI is InChI=1S/C11H11NO4/c1-7-5-8(6-13)3-4-9(7)10(14)12-11(15)16-2/h3-6H,1-2H3,(H,12,14,15). The summed E-state index contributed by atoms with van der Waals surface area (Å²) in [6, 6.07) is 4.56. The highest BCUT2D eigenvalue weighted by molar-refractivity contribution is 6.04. The molecule has 0 atom stereocenters. The highest BCUT2D eigenvalue weighted by Crippen LogP contribution is 2.09. The number of aryl methyl sites for hydroxylation is 1. The molecule has 0 aliphatic carbocycles. The maximum absolute atomic E-state index is 11.5. The van der Waals surface area contributed by atoms with Crippen LogP contribution in [0.2, 0.25) is 0 Å². The predicted octanol–water partition coefficient (Wildman–Crippen LogP) is 1.30. The third-order valence-corrected chi connectivity index (χ3v) is 2.03. The average molecular weight is 221 g/mol. The van der Waals surface area contributed by atoms with Gasteiger partial charge in [0.25, 0.3) is 5.91 Å². The zero-order chi connectivity index (χ0) is 12.1. The molecular weight excluding hydrogens is 210 g/mol. The molecule has 0 bridgehead atoms. The number of benzene rings is 1. The molecule has 0 aliphatic heterocycles. The molecule has 5 nitrogen and oxygen atoms in total. The minimum Gasteiger partial charge on any atom is -0.453 e. The van der Waals surface area contributed by atoms with Crippen molar-refractivity contribution in [1.29, 1.82) is 0 Å². The van der Waals surface area contributed by atoms with Gasteiger partial charge in [-0.15, -0.1) is 0 Å². The van der Waals surface area contributed by atoms with E-state index in [-0.39, 0.29) is 0 Å². The number of nitrogens with one attached hydrogen (secondary N) is 1. The fraction of sp³-hybridized carbons (Fsp3) is 0.182. The van der Waals surface area contributed by atoms with E-state index in [1.165, 1.54) is 19.2 Å². The van der Waals surface area contributed by atoms with Gasteiger partial charge in [0.15, 0.2) is 0 Å². The molecule has 1 rings (SSSR count). The number of amides is 2.